The summed E-state index contributed by atoms with van der Waals surface area (Å²) in [7, 11) is 1.60. The van der Waals surface area contributed by atoms with Gasteiger partial charge in [-0.15, -0.1) is 10.2 Å². The predicted molar refractivity (Wildman–Crippen MR) is 133 cm³/mol. The number of methoxy groups -OCH3 is 1. The number of halogens is 1. The molecule has 2 heterocycles. The van der Waals surface area contributed by atoms with E-state index in [2.05, 4.69) is 36.2 Å². The summed E-state index contributed by atoms with van der Waals surface area (Å²) in [5.74, 6) is 0.108. The molecule has 0 bridgehead atoms. The zero-order chi connectivity index (χ0) is 24.1. The first kappa shape index (κ1) is 23.9. The summed E-state index contributed by atoms with van der Waals surface area (Å²) >= 11 is 3.46. The van der Waals surface area contributed by atoms with E-state index in [1.807, 2.05) is 42.5 Å². The first-order valence-corrected chi connectivity index (χ1v) is 11.7. The summed E-state index contributed by atoms with van der Waals surface area (Å²) in [5.41, 5.74) is 2.53. The Kier molecular flexibility index (Phi) is 7.59. The number of carbonyl (C=O) groups excluding carboxylic acids is 1. The van der Waals surface area contributed by atoms with Gasteiger partial charge in [-0.25, -0.2) is 0 Å². The van der Waals surface area contributed by atoms with Crippen LogP contribution in [-0.2, 0) is 16.3 Å². The molecule has 9 nitrogen and oxygen atoms in total. The fraction of sp³-hybridized carbons (Fsp3) is 0.333. The van der Waals surface area contributed by atoms with E-state index in [9.17, 15) is 9.90 Å². The van der Waals surface area contributed by atoms with Gasteiger partial charge < -0.3 is 14.7 Å². The molecule has 0 atom stereocenters. The van der Waals surface area contributed by atoms with Crippen LogP contribution in [0.2, 0.25) is 0 Å². The van der Waals surface area contributed by atoms with Crippen molar-refractivity contribution >= 4 is 44.1 Å². The molecular formula is C24H26BrN5O4. The molecule has 1 saturated heterocycles. The second-order valence-corrected chi connectivity index (χ2v) is 8.92. The van der Waals surface area contributed by atoms with Crippen LogP contribution in [0, 0.1) is 0 Å². The standard InChI is InChI=1S/C24H26BrN5O4/c1-16(17-5-8-19(33-2)9-6-17)28-34-14-22(31)26-27-23-20-13-18(25)7-10-21(20)30(24(23)32)15-29-11-3-4-12-29/h5-10,13,32H,3-4,11-12,14-15H2,1-2H3/b27-26?,28-16-. The largest absolute Gasteiger partial charge is 0.497 e. The van der Waals surface area contributed by atoms with Crippen molar-refractivity contribution in [3.05, 3.63) is 52.5 Å². The number of nitrogens with zero attached hydrogens (tertiary/aromatic N) is 5. The van der Waals surface area contributed by atoms with Crippen LogP contribution >= 0.6 is 15.9 Å². The maximum Gasteiger partial charge on any atom is 0.304 e. The Labute approximate surface area is 205 Å². The number of ether oxygens (including phenoxy) is 1. The Morgan fingerprint density at radius 1 is 1.15 bits per heavy atom. The number of hydrogen-bond donors (Lipinski definition) is 1. The first-order valence-electron chi connectivity index (χ1n) is 10.9. The molecule has 178 valence electrons. The summed E-state index contributed by atoms with van der Waals surface area (Å²) in [4.78, 5) is 19.7. The summed E-state index contributed by atoms with van der Waals surface area (Å²) in [6.45, 7) is 3.93. The summed E-state index contributed by atoms with van der Waals surface area (Å²) < 4.78 is 7.78. The molecule has 1 aromatic heterocycles. The van der Waals surface area contributed by atoms with Gasteiger partial charge in [0.1, 0.15) is 5.75 Å². The number of fused-ring (bicyclic) bond motifs is 1. The summed E-state index contributed by atoms with van der Waals surface area (Å²) in [5, 5.41) is 23.4. The van der Waals surface area contributed by atoms with Crippen molar-refractivity contribution in [3.63, 3.8) is 0 Å². The topological polar surface area (TPSA) is 101 Å². The fourth-order valence-electron chi connectivity index (χ4n) is 3.87. The van der Waals surface area contributed by atoms with Crippen molar-refractivity contribution in [1.29, 1.82) is 0 Å². The molecule has 0 radical (unpaired) electrons. The molecule has 4 rings (SSSR count). The number of hydrogen-bond acceptors (Lipinski definition) is 7. The molecular weight excluding hydrogens is 502 g/mol. The minimum Gasteiger partial charge on any atom is -0.497 e. The summed E-state index contributed by atoms with van der Waals surface area (Å²) in [6.07, 6.45) is 2.29. The third-order valence-corrected chi connectivity index (χ3v) is 6.16. The minimum absolute atomic E-state index is 0.0224. The lowest BCUT2D eigenvalue weighted by Gasteiger charge is -2.17. The zero-order valence-electron chi connectivity index (χ0n) is 19.1. The van der Waals surface area contributed by atoms with Gasteiger partial charge in [-0.1, -0.05) is 21.1 Å². The molecule has 2 aromatic carbocycles. The van der Waals surface area contributed by atoms with Gasteiger partial charge >= 0.3 is 5.91 Å². The van der Waals surface area contributed by atoms with Gasteiger partial charge in [-0.2, -0.15) is 0 Å². The quantitative estimate of drug-likeness (QED) is 0.245. The molecule has 0 spiro atoms. The van der Waals surface area contributed by atoms with Gasteiger partial charge in [-0.3, -0.25) is 14.3 Å². The molecule has 10 heteroatoms. The Balaban J connectivity index is 1.46. The lowest BCUT2D eigenvalue weighted by atomic mass is 10.1. The van der Waals surface area contributed by atoms with Crippen LogP contribution in [0.4, 0.5) is 5.69 Å². The van der Waals surface area contributed by atoms with Crippen LogP contribution in [-0.4, -0.2) is 53.0 Å². The average Bonchev–Trinajstić information content (AvgIpc) is 3.44. The van der Waals surface area contributed by atoms with Crippen LogP contribution < -0.4 is 4.74 Å². The molecule has 0 saturated carbocycles. The maximum atomic E-state index is 12.2. The van der Waals surface area contributed by atoms with Gasteiger partial charge in [0, 0.05) is 9.86 Å². The number of azo groups is 1. The fourth-order valence-corrected chi connectivity index (χ4v) is 4.23. The third-order valence-electron chi connectivity index (χ3n) is 5.67. The normalized spacial score (nSPS) is 14.9. The van der Waals surface area contributed by atoms with E-state index in [-0.39, 0.29) is 18.2 Å². The van der Waals surface area contributed by atoms with E-state index in [1.54, 1.807) is 18.6 Å². The zero-order valence-corrected chi connectivity index (χ0v) is 20.7. The maximum absolute atomic E-state index is 12.2. The number of likely N-dealkylation sites (tertiary alicyclic amines) is 1. The number of benzene rings is 2. The highest BCUT2D eigenvalue weighted by atomic mass is 79.9. The molecule has 1 fully saturated rings. The van der Waals surface area contributed by atoms with Gasteiger partial charge in [0.15, 0.2) is 12.3 Å². The third kappa shape index (κ3) is 5.45. The monoisotopic (exact) mass is 527 g/mol. The van der Waals surface area contributed by atoms with Crippen molar-refractivity contribution in [2.24, 2.45) is 15.4 Å². The van der Waals surface area contributed by atoms with E-state index in [0.717, 1.165) is 47.2 Å². The second-order valence-electron chi connectivity index (χ2n) is 8.00. The highest BCUT2D eigenvalue weighted by molar-refractivity contribution is 9.10. The lowest BCUT2D eigenvalue weighted by Crippen LogP contribution is -2.22. The van der Waals surface area contributed by atoms with Crippen molar-refractivity contribution in [2.45, 2.75) is 26.4 Å². The lowest BCUT2D eigenvalue weighted by molar-refractivity contribution is -0.122. The predicted octanol–water partition coefficient (Wildman–Crippen LogP) is 5.22. The molecule has 34 heavy (non-hydrogen) atoms. The molecule has 0 unspecified atom stereocenters. The summed E-state index contributed by atoms with van der Waals surface area (Å²) in [6, 6.07) is 13.0. The van der Waals surface area contributed by atoms with Crippen molar-refractivity contribution in [2.75, 3.05) is 26.8 Å². The average molecular weight is 528 g/mol. The smallest absolute Gasteiger partial charge is 0.304 e. The number of oxime groups is 1. The van der Waals surface area contributed by atoms with Crippen LogP contribution in [0.1, 0.15) is 25.3 Å². The molecule has 1 N–H and O–H groups in total. The van der Waals surface area contributed by atoms with E-state index in [4.69, 9.17) is 9.57 Å². The second kappa shape index (κ2) is 10.8. The van der Waals surface area contributed by atoms with Gasteiger partial charge in [0.25, 0.3) is 0 Å². The Hall–Kier alpha value is -3.24. The van der Waals surface area contributed by atoms with E-state index >= 15 is 0 Å². The SMILES string of the molecule is COc1ccc(/C(C)=N\OCC(=O)N=Nc2c(O)n(CN3CCCC3)c3ccc(Br)cc23)cc1. The number of rotatable bonds is 8. The van der Waals surface area contributed by atoms with Crippen molar-refractivity contribution < 1.29 is 19.5 Å². The number of aromatic nitrogens is 1. The van der Waals surface area contributed by atoms with Crippen LogP contribution in [0.15, 0.2) is 62.3 Å². The number of amides is 1. The van der Waals surface area contributed by atoms with Gasteiger partial charge in [-0.05, 0) is 80.9 Å². The Bertz CT molecular complexity index is 1230. The van der Waals surface area contributed by atoms with Crippen LogP contribution in [0.25, 0.3) is 10.9 Å². The minimum atomic E-state index is -0.610. The van der Waals surface area contributed by atoms with Crippen molar-refractivity contribution in [1.82, 2.24) is 9.47 Å². The van der Waals surface area contributed by atoms with Gasteiger partial charge in [0.05, 0.1) is 25.0 Å². The molecule has 1 aliphatic heterocycles. The van der Waals surface area contributed by atoms with E-state index in [0.29, 0.717) is 17.8 Å². The van der Waals surface area contributed by atoms with Crippen LogP contribution in [0.5, 0.6) is 11.6 Å². The molecule has 3 aromatic rings. The Morgan fingerprint density at radius 2 is 1.88 bits per heavy atom. The van der Waals surface area contributed by atoms with Crippen LogP contribution in [0.3, 0.4) is 0 Å². The molecule has 0 aliphatic carbocycles. The number of aromatic hydroxyl groups is 1. The molecule has 1 amide bonds. The van der Waals surface area contributed by atoms with Gasteiger partial charge in [0.2, 0.25) is 5.88 Å². The highest BCUT2D eigenvalue weighted by Gasteiger charge is 2.20. The highest BCUT2D eigenvalue weighted by Crippen LogP contribution is 2.40. The van der Waals surface area contributed by atoms with E-state index in [1.165, 1.54) is 0 Å². The number of carbonyl (C=O) groups is 1. The van der Waals surface area contributed by atoms with Crippen molar-refractivity contribution in [3.8, 4) is 11.6 Å². The first-order chi connectivity index (χ1) is 16.5. The molecule has 1 aliphatic rings. The Morgan fingerprint density at radius 3 is 2.59 bits per heavy atom. The van der Waals surface area contributed by atoms with E-state index < -0.39 is 5.91 Å².